The molecule has 0 atom stereocenters. The van der Waals surface area contributed by atoms with Crippen molar-refractivity contribution < 1.29 is 9.53 Å². The van der Waals surface area contributed by atoms with Gasteiger partial charge in [-0.3, -0.25) is 0 Å². The predicted molar refractivity (Wildman–Crippen MR) is 97.9 cm³/mol. The predicted octanol–water partition coefficient (Wildman–Crippen LogP) is 4.45. The van der Waals surface area contributed by atoms with Crippen LogP contribution in [0.5, 0.6) is 5.75 Å². The fourth-order valence-corrected chi connectivity index (χ4v) is 3.28. The van der Waals surface area contributed by atoms with E-state index in [9.17, 15) is 4.79 Å². The van der Waals surface area contributed by atoms with E-state index in [0.717, 1.165) is 20.1 Å². The maximum atomic E-state index is 10.6. The molecule has 0 aliphatic heterocycles. The summed E-state index contributed by atoms with van der Waals surface area (Å²) in [6.07, 6.45) is 1.48. The third-order valence-electron chi connectivity index (χ3n) is 2.71. The number of amides is 2. The molecule has 2 aromatic rings. The molecule has 0 saturated carbocycles. The van der Waals surface area contributed by atoms with Crippen molar-refractivity contribution in [1.82, 2.24) is 5.43 Å². The average Bonchev–Trinajstić information content (AvgIpc) is 2.48. The second-order valence-electron chi connectivity index (χ2n) is 4.46. The van der Waals surface area contributed by atoms with Crippen LogP contribution >= 0.6 is 43.5 Å². The van der Waals surface area contributed by atoms with Gasteiger partial charge in [-0.1, -0.05) is 23.7 Å². The average molecular weight is 462 g/mol. The fraction of sp³-hybridized carbons (Fsp3) is 0.0667. The highest BCUT2D eigenvalue weighted by Gasteiger charge is 2.09. The van der Waals surface area contributed by atoms with E-state index in [0.29, 0.717) is 17.4 Å². The highest BCUT2D eigenvalue weighted by atomic mass is 79.9. The van der Waals surface area contributed by atoms with Crippen LogP contribution in [-0.2, 0) is 6.61 Å². The number of nitrogens with zero attached hydrogens (tertiary/aromatic N) is 1. The maximum Gasteiger partial charge on any atom is 0.332 e. The van der Waals surface area contributed by atoms with Gasteiger partial charge in [-0.05, 0) is 67.3 Å². The minimum absolute atomic E-state index is 0.408. The molecule has 0 radical (unpaired) electrons. The number of benzene rings is 2. The molecule has 0 aliphatic rings. The van der Waals surface area contributed by atoms with Crippen LogP contribution in [-0.4, -0.2) is 12.2 Å². The van der Waals surface area contributed by atoms with Gasteiger partial charge in [0.15, 0.2) is 0 Å². The van der Waals surface area contributed by atoms with Crippen molar-refractivity contribution in [1.29, 1.82) is 0 Å². The lowest BCUT2D eigenvalue weighted by Crippen LogP contribution is -2.24. The SMILES string of the molecule is NC(=O)N/N=C\c1cc(Br)c(OCc2ccc(Cl)cc2)c(Br)c1. The van der Waals surface area contributed by atoms with Crippen molar-refractivity contribution >= 4 is 55.7 Å². The highest BCUT2D eigenvalue weighted by Crippen LogP contribution is 2.35. The summed E-state index contributed by atoms with van der Waals surface area (Å²) in [6, 6.07) is 10.3. The van der Waals surface area contributed by atoms with Crippen molar-refractivity contribution in [2.24, 2.45) is 10.8 Å². The minimum atomic E-state index is -0.720. The van der Waals surface area contributed by atoms with Gasteiger partial charge in [-0.15, -0.1) is 0 Å². The van der Waals surface area contributed by atoms with Gasteiger partial charge in [-0.25, -0.2) is 10.2 Å². The Balaban J connectivity index is 2.09. The lowest BCUT2D eigenvalue weighted by Gasteiger charge is -2.11. The monoisotopic (exact) mass is 459 g/mol. The Morgan fingerprint density at radius 1 is 1.26 bits per heavy atom. The van der Waals surface area contributed by atoms with E-state index in [-0.39, 0.29) is 0 Å². The number of hydrogen-bond acceptors (Lipinski definition) is 3. The molecular formula is C15H12Br2ClN3O2. The van der Waals surface area contributed by atoms with Crippen molar-refractivity contribution in [3.05, 3.63) is 61.5 Å². The van der Waals surface area contributed by atoms with Gasteiger partial charge in [0.05, 0.1) is 15.2 Å². The van der Waals surface area contributed by atoms with Gasteiger partial charge in [0.25, 0.3) is 0 Å². The summed E-state index contributed by atoms with van der Waals surface area (Å²) in [6.45, 7) is 0.408. The van der Waals surface area contributed by atoms with Crippen LogP contribution in [0.25, 0.3) is 0 Å². The van der Waals surface area contributed by atoms with E-state index >= 15 is 0 Å². The summed E-state index contributed by atoms with van der Waals surface area (Å²) in [5.74, 6) is 0.667. The number of rotatable bonds is 5. The summed E-state index contributed by atoms with van der Waals surface area (Å²) in [4.78, 5) is 10.6. The molecule has 0 bridgehead atoms. The van der Waals surface area contributed by atoms with Gasteiger partial charge >= 0.3 is 6.03 Å². The molecule has 0 fully saturated rings. The van der Waals surface area contributed by atoms with Gasteiger partial charge in [0, 0.05) is 5.02 Å². The number of carbonyl (C=O) groups is 1. The van der Waals surface area contributed by atoms with Gasteiger partial charge in [-0.2, -0.15) is 5.10 Å². The third-order valence-corrected chi connectivity index (χ3v) is 4.14. The molecule has 0 saturated heterocycles. The van der Waals surface area contributed by atoms with Crippen LogP contribution < -0.4 is 15.9 Å². The molecule has 8 heteroatoms. The molecule has 0 heterocycles. The van der Waals surface area contributed by atoms with Crippen molar-refractivity contribution in [2.75, 3.05) is 0 Å². The number of ether oxygens (including phenoxy) is 1. The second kappa shape index (κ2) is 8.33. The zero-order chi connectivity index (χ0) is 16.8. The molecule has 0 aromatic heterocycles. The number of nitrogens with two attached hydrogens (primary N) is 1. The normalized spacial score (nSPS) is 10.7. The number of carbonyl (C=O) groups excluding carboxylic acids is 1. The molecule has 120 valence electrons. The Hall–Kier alpha value is -1.57. The largest absolute Gasteiger partial charge is 0.487 e. The van der Waals surface area contributed by atoms with E-state index < -0.39 is 6.03 Å². The Kier molecular flexibility index (Phi) is 6.44. The van der Waals surface area contributed by atoms with Crippen LogP contribution in [0.15, 0.2) is 50.4 Å². The van der Waals surface area contributed by atoms with Crippen molar-refractivity contribution in [3.63, 3.8) is 0 Å². The van der Waals surface area contributed by atoms with Gasteiger partial charge in [0.1, 0.15) is 12.4 Å². The number of hydrazone groups is 1. The molecule has 3 N–H and O–H groups in total. The van der Waals surface area contributed by atoms with E-state index in [2.05, 4.69) is 42.4 Å². The van der Waals surface area contributed by atoms with Crippen LogP contribution in [0.1, 0.15) is 11.1 Å². The first-order valence-electron chi connectivity index (χ1n) is 6.40. The van der Waals surface area contributed by atoms with Crippen molar-refractivity contribution in [3.8, 4) is 5.75 Å². The number of halogens is 3. The van der Waals surface area contributed by atoms with E-state index in [1.807, 2.05) is 36.4 Å². The Morgan fingerprint density at radius 2 is 1.87 bits per heavy atom. The van der Waals surface area contributed by atoms with Crippen LogP contribution in [0.4, 0.5) is 4.79 Å². The standard InChI is InChI=1S/C15H12Br2ClN3O2/c16-12-5-10(7-20-21-15(19)22)6-13(17)14(12)23-8-9-1-3-11(18)4-2-9/h1-7H,8H2,(H3,19,21,22)/b20-7-. The summed E-state index contributed by atoms with van der Waals surface area (Å²) >= 11 is 12.8. The van der Waals surface area contributed by atoms with Crippen molar-refractivity contribution in [2.45, 2.75) is 6.61 Å². The molecule has 2 amide bonds. The first-order valence-corrected chi connectivity index (χ1v) is 8.37. The number of nitrogens with one attached hydrogen (secondary N) is 1. The zero-order valence-electron chi connectivity index (χ0n) is 11.7. The lowest BCUT2D eigenvalue weighted by molar-refractivity contribution is 0.249. The maximum absolute atomic E-state index is 10.6. The molecule has 0 unspecified atom stereocenters. The van der Waals surface area contributed by atoms with E-state index in [4.69, 9.17) is 22.1 Å². The van der Waals surface area contributed by atoms with Crippen LogP contribution in [0.2, 0.25) is 5.02 Å². The second-order valence-corrected chi connectivity index (χ2v) is 6.61. The Bertz CT molecular complexity index is 713. The number of urea groups is 1. The number of hydrogen-bond donors (Lipinski definition) is 2. The molecule has 23 heavy (non-hydrogen) atoms. The molecular weight excluding hydrogens is 449 g/mol. The summed E-state index contributed by atoms with van der Waals surface area (Å²) < 4.78 is 7.32. The summed E-state index contributed by atoms with van der Waals surface area (Å²) in [7, 11) is 0. The van der Waals surface area contributed by atoms with Crippen LogP contribution in [0.3, 0.4) is 0 Å². The van der Waals surface area contributed by atoms with Gasteiger partial charge < -0.3 is 10.5 Å². The topological polar surface area (TPSA) is 76.7 Å². The quantitative estimate of drug-likeness (QED) is 0.510. The van der Waals surface area contributed by atoms with Gasteiger partial charge in [0.2, 0.25) is 0 Å². The van der Waals surface area contributed by atoms with E-state index in [1.165, 1.54) is 6.21 Å². The molecule has 0 spiro atoms. The molecule has 2 aromatic carbocycles. The highest BCUT2D eigenvalue weighted by molar-refractivity contribution is 9.11. The summed E-state index contributed by atoms with van der Waals surface area (Å²) in [5.41, 5.74) is 8.83. The Morgan fingerprint density at radius 3 is 2.43 bits per heavy atom. The first kappa shape index (κ1) is 17.8. The summed E-state index contributed by atoms with van der Waals surface area (Å²) in [5, 5.41) is 4.39. The van der Waals surface area contributed by atoms with Crippen LogP contribution in [0, 0.1) is 0 Å². The molecule has 0 aliphatic carbocycles. The molecule has 2 rings (SSSR count). The fourth-order valence-electron chi connectivity index (χ4n) is 1.70. The first-order chi connectivity index (χ1) is 11.0. The van der Waals surface area contributed by atoms with E-state index in [1.54, 1.807) is 0 Å². The zero-order valence-corrected chi connectivity index (χ0v) is 15.7. The third kappa shape index (κ3) is 5.53. The lowest BCUT2D eigenvalue weighted by atomic mass is 10.2. The Labute approximate surface area is 155 Å². The smallest absolute Gasteiger partial charge is 0.332 e. The minimum Gasteiger partial charge on any atom is -0.487 e. The molecule has 5 nitrogen and oxygen atoms in total. The number of primary amides is 1.